The van der Waals surface area contributed by atoms with E-state index in [1.807, 2.05) is 49.4 Å². The number of imidazole rings is 1. The van der Waals surface area contributed by atoms with E-state index >= 15 is 0 Å². The monoisotopic (exact) mass is 483 g/mol. The molecule has 0 unspecified atom stereocenters. The van der Waals surface area contributed by atoms with Crippen LogP contribution in [-0.4, -0.2) is 9.55 Å². The molecular weight excluding hydrogens is 458 g/mol. The largest absolute Gasteiger partial charge is 0.308 e. The minimum Gasteiger partial charge on any atom is -0.308 e. The Labute approximate surface area is 216 Å². The zero-order valence-electron chi connectivity index (χ0n) is 20.1. The molecule has 1 aromatic heterocycles. The number of para-hydroxylation sites is 3. The average molecular weight is 484 g/mol. The summed E-state index contributed by atoms with van der Waals surface area (Å²) in [4.78, 5) is 9.47. The summed E-state index contributed by atoms with van der Waals surface area (Å²) in [7, 11) is 0. The molecule has 3 nitrogen and oxygen atoms in total. The Balaban J connectivity index is 1.64. The standard InChI is InChI=1S/C32H25N3S/c1-5-9-14-24(6-2)35-28-16-11-10-15-26(28)33-32(35)23-19-21-25(22-20-23)34-27(7-3)30(8-4)36-31-18-13-12-17-29(31)34/h1,6-22H,3-4H2,2H3/b14-9-,24-6+. The van der Waals surface area contributed by atoms with E-state index < -0.39 is 0 Å². The van der Waals surface area contributed by atoms with Crippen molar-refractivity contribution in [3.8, 4) is 23.7 Å². The van der Waals surface area contributed by atoms with Crippen molar-refractivity contribution in [3.63, 3.8) is 0 Å². The van der Waals surface area contributed by atoms with E-state index in [1.165, 1.54) is 4.90 Å². The Morgan fingerprint density at radius 2 is 1.72 bits per heavy atom. The van der Waals surface area contributed by atoms with Crippen LogP contribution in [0.3, 0.4) is 0 Å². The van der Waals surface area contributed by atoms with Gasteiger partial charge >= 0.3 is 0 Å². The zero-order valence-corrected chi connectivity index (χ0v) is 20.9. The van der Waals surface area contributed by atoms with Gasteiger partial charge in [0.05, 0.1) is 22.4 Å². The van der Waals surface area contributed by atoms with Crippen LogP contribution >= 0.6 is 11.8 Å². The van der Waals surface area contributed by atoms with Crippen molar-refractivity contribution in [3.05, 3.63) is 127 Å². The summed E-state index contributed by atoms with van der Waals surface area (Å²) in [6.07, 6.45) is 15.0. The molecule has 2 heterocycles. The third kappa shape index (κ3) is 4.00. The fourth-order valence-electron chi connectivity index (χ4n) is 4.43. The lowest BCUT2D eigenvalue weighted by Gasteiger charge is -2.33. The van der Waals surface area contributed by atoms with Gasteiger partial charge in [0.25, 0.3) is 0 Å². The lowest BCUT2D eigenvalue weighted by molar-refractivity contribution is 1.13. The van der Waals surface area contributed by atoms with Gasteiger partial charge in [-0.15, -0.1) is 6.42 Å². The van der Waals surface area contributed by atoms with Gasteiger partial charge in [-0.25, -0.2) is 4.98 Å². The molecule has 3 aromatic carbocycles. The molecule has 5 rings (SSSR count). The third-order valence-corrected chi connectivity index (χ3v) is 7.21. The molecule has 36 heavy (non-hydrogen) atoms. The lowest BCUT2D eigenvalue weighted by Crippen LogP contribution is -2.19. The molecular formula is C32H25N3S. The molecule has 0 saturated heterocycles. The smallest absolute Gasteiger partial charge is 0.145 e. The van der Waals surface area contributed by atoms with Gasteiger partial charge in [0, 0.05) is 26.7 Å². The second kappa shape index (κ2) is 10.0. The molecule has 0 spiro atoms. The Kier molecular flexibility index (Phi) is 6.49. The molecule has 0 bridgehead atoms. The first-order chi connectivity index (χ1) is 17.7. The maximum absolute atomic E-state index is 5.50. The van der Waals surface area contributed by atoms with Crippen LogP contribution in [0.25, 0.3) is 28.1 Å². The molecule has 174 valence electrons. The van der Waals surface area contributed by atoms with Crippen LogP contribution in [0.4, 0.5) is 11.4 Å². The normalized spacial score (nSPS) is 13.7. The number of thioether (sulfide) groups is 1. The first kappa shape index (κ1) is 23.3. The number of aromatic nitrogens is 2. The van der Waals surface area contributed by atoms with Crippen LogP contribution in [0.1, 0.15) is 6.92 Å². The van der Waals surface area contributed by atoms with E-state index in [2.05, 4.69) is 83.1 Å². The second-order valence-corrected chi connectivity index (χ2v) is 9.17. The van der Waals surface area contributed by atoms with Crippen molar-refractivity contribution in [2.24, 2.45) is 0 Å². The highest BCUT2D eigenvalue weighted by Gasteiger charge is 2.24. The fourth-order valence-corrected chi connectivity index (χ4v) is 5.44. The van der Waals surface area contributed by atoms with Gasteiger partial charge in [0.2, 0.25) is 0 Å². The molecule has 1 aliphatic heterocycles. The first-order valence-corrected chi connectivity index (χ1v) is 12.4. The van der Waals surface area contributed by atoms with Crippen LogP contribution < -0.4 is 4.90 Å². The quantitative estimate of drug-likeness (QED) is 0.202. The van der Waals surface area contributed by atoms with Crippen LogP contribution in [0.5, 0.6) is 0 Å². The minimum atomic E-state index is 0.860. The number of hydrogen-bond donors (Lipinski definition) is 0. The van der Waals surface area contributed by atoms with Crippen LogP contribution in [0.15, 0.2) is 132 Å². The molecule has 0 saturated carbocycles. The van der Waals surface area contributed by atoms with Crippen molar-refractivity contribution in [1.82, 2.24) is 9.55 Å². The highest BCUT2D eigenvalue weighted by molar-refractivity contribution is 8.03. The van der Waals surface area contributed by atoms with Gasteiger partial charge in [-0.3, -0.25) is 4.57 Å². The molecule has 0 amide bonds. The highest BCUT2D eigenvalue weighted by Crippen LogP contribution is 2.47. The van der Waals surface area contributed by atoms with Gasteiger partial charge in [-0.1, -0.05) is 67.3 Å². The van der Waals surface area contributed by atoms with E-state index in [0.29, 0.717) is 0 Å². The number of rotatable bonds is 6. The van der Waals surface area contributed by atoms with Crippen molar-refractivity contribution in [2.75, 3.05) is 4.90 Å². The van der Waals surface area contributed by atoms with Crippen LogP contribution in [-0.2, 0) is 0 Å². The summed E-state index contributed by atoms with van der Waals surface area (Å²) in [5.41, 5.74) is 7.12. The predicted octanol–water partition coefficient (Wildman–Crippen LogP) is 8.58. The molecule has 4 heteroatoms. The van der Waals surface area contributed by atoms with Gasteiger partial charge in [0.15, 0.2) is 0 Å². The number of allylic oxidation sites excluding steroid dienone is 6. The molecule has 0 aliphatic carbocycles. The van der Waals surface area contributed by atoms with Crippen LogP contribution in [0, 0.1) is 12.3 Å². The van der Waals surface area contributed by atoms with E-state index in [0.717, 1.165) is 50.1 Å². The maximum Gasteiger partial charge on any atom is 0.145 e. The molecule has 0 N–H and O–H groups in total. The molecule has 0 atom stereocenters. The van der Waals surface area contributed by atoms with Crippen molar-refractivity contribution >= 4 is 39.9 Å². The van der Waals surface area contributed by atoms with Gasteiger partial charge in [-0.05, 0) is 73.7 Å². The lowest BCUT2D eigenvalue weighted by atomic mass is 10.1. The molecule has 0 radical (unpaired) electrons. The van der Waals surface area contributed by atoms with E-state index in [1.54, 1.807) is 17.8 Å². The highest BCUT2D eigenvalue weighted by atomic mass is 32.2. The number of nitrogens with zero attached hydrogens (tertiary/aromatic N) is 3. The zero-order chi connectivity index (χ0) is 25.1. The maximum atomic E-state index is 5.50. The summed E-state index contributed by atoms with van der Waals surface area (Å²) >= 11 is 1.71. The number of benzene rings is 3. The van der Waals surface area contributed by atoms with Gasteiger partial charge in [0.1, 0.15) is 5.82 Å². The number of fused-ring (bicyclic) bond motifs is 2. The van der Waals surface area contributed by atoms with Gasteiger partial charge < -0.3 is 4.90 Å². The minimum absolute atomic E-state index is 0.860. The Bertz CT molecular complexity index is 1610. The fraction of sp³-hybridized carbons (Fsp3) is 0.0312. The Hall–Kier alpha value is -4.46. The average Bonchev–Trinajstić information content (AvgIpc) is 3.32. The summed E-state index contributed by atoms with van der Waals surface area (Å²) in [5.74, 6) is 3.45. The Morgan fingerprint density at radius 3 is 2.44 bits per heavy atom. The number of hydrogen-bond acceptors (Lipinski definition) is 3. The van der Waals surface area contributed by atoms with Gasteiger partial charge in [-0.2, -0.15) is 0 Å². The summed E-state index contributed by atoms with van der Waals surface area (Å²) in [6, 6.07) is 25.0. The summed E-state index contributed by atoms with van der Waals surface area (Å²) in [6.45, 7) is 10.1. The van der Waals surface area contributed by atoms with Crippen molar-refractivity contribution in [2.45, 2.75) is 11.8 Å². The van der Waals surface area contributed by atoms with Crippen molar-refractivity contribution < 1.29 is 0 Å². The predicted molar refractivity (Wildman–Crippen MR) is 155 cm³/mol. The molecule has 0 fully saturated rings. The second-order valence-electron chi connectivity index (χ2n) is 8.08. The van der Waals surface area contributed by atoms with Crippen molar-refractivity contribution in [1.29, 1.82) is 0 Å². The first-order valence-electron chi connectivity index (χ1n) is 11.6. The number of terminal acetylenes is 1. The summed E-state index contributed by atoms with van der Waals surface area (Å²) < 4.78 is 2.15. The number of anilines is 2. The topological polar surface area (TPSA) is 21.1 Å². The Morgan fingerprint density at radius 1 is 0.972 bits per heavy atom. The van der Waals surface area contributed by atoms with E-state index in [4.69, 9.17) is 11.4 Å². The van der Waals surface area contributed by atoms with E-state index in [9.17, 15) is 0 Å². The van der Waals surface area contributed by atoms with Crippen LogP contribution in [0.2, 0.25) is 0 Å². The third-order valence-electron chi connectivity index (χ3n) is 6.05. The SMILES string of the molecule is C#C/C=C\C(=C/C)n1c(-c2ccc(N3C(C=C)=C(C=C)Sc4ccccc43)cc2)nc2ccccc21. The molecule has 1 aliphatic rings. The van der Waals surface area contributed by atoms with E-state index in [-0.39, 0.29) is 0 Å². The molecule has 4 aromatic rings. The summed E-state index contributed by atoms with van der Waals surface area (Å²) in [5, 5.41) is 0.